The number of hydrogen-bond donors (Lipinski definition) is 1. The summed E-state index contributed by atoms with van der Waals surface area (Å²) in [5, 5.41) is 3.77. The Morgan fingerprint density at radius 2 is 2.22 bits per heavy atom. The molecule has 5 nitrogen and oxygen atoms in total. The Kier molecular flexibility index (Phi) is 4.57. The number of ether oxygens (including phenoxy) is 1. The summed E-state index contributed by atoms with van der Waals surface area (Å²) >= 11 is 0. The van der Waals surface area contributed by atoms with Crippen molar-refractivity contribution < 1.29 is 13.9 Å². The first-order valence-electron chi connectivity index (χ1n) is 7.53. The number of nitrogens with zero attached hydrogens (tertiary/aromatic N) is 1. The Morgan fingerprint density at radius 3 is 3.04 bits per heavy atom. The quantitative estimate of drug-likeness (QED) is 0.709. The zero-order valence-corrected chi connectivity index (χ0v) is 12.9. The van der Waals surface area contributed by atoms with E-state index in [1.54, 1.807) is 18.5 Å². The predicted molar refractivity (Wildman–Crippen MR) is 87.6 cm³/mol. The third-order valence-electron chi connectivity index (χ3n) is 3.41. The number of rotatable bonds is 6. The fraction of sp³-hybridized carbons (Fsp3) is 0.222. The summed E-state index contributed by atoms with van der Waals surface area (Å²) in [4.78, 5) is 16.0. The second kappa shape index (κ2) is 6.96. The van der Waals surface area contributed by atoms with E-state index >= 15 is 0 Å². The lowest BCUT2D eigenvalue weighted by Crippen LogP contribution is -2.25. The molecule has 1 amide bonds. The molecule has 1 aromatic carbocycles. The van der Waals surface area contributed by atoms with Crippen molar-refractivity contribution in [2.75, 3.05) is 13.2 Å². The Morgan fingerprint density at radius 1 is 1.30 bits per heavy atom. The van der Waals surface area contributed by atoms with Gasteiger partial charge in [0.1, 0.15) is 11.3 Å². The first-order valence-corrected chi connectivity index (χ1v) is 7.53. The summed E-state index contributed by atoms with van der Waals surface area (Å²) in [6.45, 7) is 3.05. The number of nitrogens with one attached hydrogen (secondary N) is 1. The summed E-state index contributed by atoms with van der Waals surface area (Å²) in [6, 6.07) is 11.3. The van der Waals surface area contributed by atoms with E-state index in [0.717, 1.165) is 22.3 Å². The van der Waals surface area contributed by atoms with Gasteiger partial charge in [0.2, 0.25) is 0 Å². The molecule has 0 aliphatic rings. The number of amides is 1. The van der Waals surface area contributed by atoms with Crippen molar-refractivity contribution in [1.29, 1.82) is 0 Å². The van der Waals surface area contributed by atoms with Crippen LogP contribution in [0.15, 0.2) is 53.2 Å². The minimum atomic E-state index is -0.208. The maximum absolute atomic E-state index is 12.1. The fourth-order valence-corrected chi connectivity index (χ4v) is 2.26. The topological polar surface area (TPSA) is 64.4 Å². The summed E-state index contributed by atoms with van der Waals surface area (Å²) in [7, 11) is 0. The molecule has 0 radical (unpaired) electrons. The highest BCUT2D eigenvalue weighted by molar-refractivity contribution is 5.96. The van der Waals surface area contributed by atoms with Crippen LogP contribution in [-0.2, 0) is 0 Å². The molecule has 0 atom stereocenters. The molecule has 0 fully saturated rings. The lowest BCUT2D eigenvalue weighted by molar-refractivity contribution is 0.0926. The first kappa shape index (κ1) is 15.1. The van der Waals surface area contributed by atoms with Gasteiger partial charge in [-0.2, -0.15) is 0 Å². The van der Waals surface area contributed by atoms with E-state index in [-0.39, 0.29) is 5.91 Å². The van der Waals surface area contributed by atoms with E-state index in [4.69, 9.17) is 9.15 Å². The first-order chi connectivity index (χ1) is 11.2. The van der Waals surface area contributed by atoms with Crippen LogP contribution >= 0.6 is 0 Å². The molecule has 3 aromatic rings. The van der Waals surface area contributed by atoms with E-state index < -0.39 is 0 Å². The second-order valence-electron chi connectivity index (χ2n) is 5.30. The van der Waals surface area contributed by atoms with E-state index in [2.05, 4.69) is 10.3 Å². The van der Waals surface area contributed by atoms with Crippen molar-refractivity contribution >= 4 is 16.9 Å². The number of fused-ring (bicyclic) bond motifs is 1. The Labute approximate surface area is 134 Å². The highest BCUT2D eigenvalue weighted by atomic mass is 16.5. The molecule has 5 heteroatoms. The Balaban J connectivity index is 1.47. The van der Waals surface area contributed by atoms with Gasteiger partial charge in [0, 0.05) is 18.1 Å². The van der Waals surface area contributed by atoms with Gasteiger partial charge < -0.3 is 14.5 Å². The SMILES string of the molecule is Cc1ccc2oc(C(=O)NCCCOc3cccnc3)cc2c1. The van der Waals surface area contributed by atoms with Gasteiger partial charge in [0.15, 0.2) is 5.76 Å². The molecule has 2 heterocycles. The van der Waals surface area contributed by atoms with Crippen LogP contribution in [0.4, 0.5) is 0 Å². The number of pyridine rings is 1. The molecule has 0 aliphatic heterocycles. The average molecular weight is 310 g/mol. The Hall–Kier alpha value is -2.82. The highest BCUT2D eigenvalue weighted by Gasteiger charge is 2.11. The molecule has 0 aliphatic carbocycles. The molecule has 0 saturated heterocycles. The molecule has 0 unspecified atom stereocenters. The second-order valence-corrected chi connectivity index (χ2v) is 5.30. The van der Waals surface area contributed by atoms with E-state index in [1.807, 2.05) is 37.3 Å². The van der Waals surface area contributed by atoms with Gasteiger partial charge in [-0.05, 0) is 43.7 Å². The molecule has 2 aromatic heterocycles. The molecule has 0 bridgehead atoms. The van der Waals surface area contributed by atoms with Crippen molar-refractivity contribution in [2.45, 2.75) is 13.3 Å². The van der Waals surface area contributed by atoms with Crippen LogP contribution in [0.5, 0.6) is 5.75 Å². The van der Waals surface area contributed by atoms with E-state index in [1.165, 1.54) is 0 Å². The predicted octanol–water partition coefficient (Wildman–Crippen LogP) is 3.34. The lowest BCUT2D eigenvalue weighted by Gasteiger charge is -2.06. The summed E-state index contributed by atoms with van der Waals surface area (Å²) in [5.41, 5.74) is 1.86. The van der Waals surface area contributed by atoms with Gasteiger partial charge in [0.05, 0.1) is 12.8 Å². The van der Waals surface area contributed by atoms with Gasteiger partial charge in [-0.1, -0.05) is 11.6 Å². The summed E-state index contributed by atoms with van der Waals surface area (Å²) in [5.74, 6) is 0.852. The summed E-state index contributed by atoms with van der Waals surface area (Å²) in [6.07, 6.45) is 4.07. The maximum atomic E-state index is 12.1. The Bertz CT molecular complexity index is 796. The average Bonchev–Trinajstić information content (AvgIpc) is 2.98. The number of aryl methyl sites for hydroxylation is 1. The largest absolute Gasteiger partial charge is 0.492 e. The summed E-state index contributed by atoms with van der Waals surface area (Å²) < 4.78 is 11.1. The van der Waals surface area contributed by atoms with Crippen molar-refractivity contribution in [3.8, 4) is 5.75 Å². The molecule has 1 N–H and O–H groups in total. The van der Waals surface area contributed by atoms with Crippen molar-refractivity contribution in [2.24, 2.45) is 0 Å². The molecular weight excluding hydrogens is 292 g/mol. The number of hydrogen-bond acceptors (Lipinski definition) is 4. The molecule has 3 rings (SSSR count). The van der Waals surface area contributed by atoms with Crippen molar-refractivity contribution in [3.05, 3.63) is 60.1 Å². The third-order valence-corrected chi connectivity index (χ3v) is 3.41. The van der Waals surface area contributed by atoms with E-state index in [9.17, 15) is 4.79 Å². The number of carbonyl (C=O) groups excluding carboxylic acids is 1. The standard InChI is InChI=1S/C18H18N2O3/c1-13-5-6-16-14(10-13)11-17(23-16)18(21)20-8-3-9-22-15-4-2-7-19-12-15/h2,4-7,10-12H,3,8-9H2,1H3,(H,20,21). The number of aromatic nitrogens is 1. The van der Waals surface area contributed by atoms with Gasteiger partial charge >= 0.3 is 0 Å². The molecule has 118 valence electrons. The number of furan rings is 1. The minimum absolute atomic E-state index is 0.208. The smallest absolute Gasteiger partial charge is 0.287 e. The molecular formula is C18H18N2O3. The normalized spacial score (nSPS) is 10.7. The molecule has 0 saturated carbocycles. The molecule has 23 heavy (non-hydrogen) atoms. The van der Waals surface area contributed by atoms with Gasteiger partial charge in [-0.25, -0.2) is 0 Å². The number of carbonyl (C=O) groups is 1. The maximum Gasteiger partial charge on any atom is 0.287 e. The zero-order valence-electron chi connectivity index (χ0n) is 12.9. The molecule has 0 spiro atoms. The zero-order chi connectivity index (χ0) is 16.1. The number of benzene rings is 1. The van der Waals surface area contributed by atoms with Crippen molar-refractivity contribution in [1.82, 2.24) is 10.3 Å². The van der Waals surface area contributed by atoms with Crippen LogP contribution < -0.4 is 10.1 Å². The van der Waals surface area contributed by atoms with Crippen LogP contribution in [0.1, 0.15) is 22.5 Å². The van der Waals surface area contributed by atoms with Crippen molar-refractivity contribution in [3.63, 3.8) is 0 Å². The van der Waals surface area contributed by atoms with Gasteiger partial charge in [-0.15, -0.1) is 0 Å². The van der Waals surface area contributed by atoms with Crippen LogP contribution in [0, 0.1) is 6.92 Å². The monoisotopic (exact) mass is 310 g/mol. The highest BCUT2D eigenvalue weighted by Crippen LogP contribution is 2.20. The van der Waals surface area contributed by atoms with Gasteiger partial charge in [0.25, 0.3) is 5.91 Å². The van der Waals surface area contributed by atoms with Crippen LogP contribution in [0.25, 0.3) is 11.0 Å². The van der Waals surface area contributed by atoms with Crippen LogP contribution in [0.3, 0.4) is 0 Å². The minimum Gasteiger partial charge on any atom is -0.492 e. The third kappa shape index (κ3) is 3.88. The fourth-order valence-electron chi connectivity index (χ4n) is 2.26. The van der Waals surface area contributed by atoms with Gasteiger partial charge in [-0.3, -0.25) is 9.78 Å². The van der Waals surface area contributed by atoms with Crippen LogP contribution in [0.2, 0.25) is 0 Å². The van der Waals surface area contributed by atoms with E-state index in [0.29, 0.717) is 25.3 Å². The lowest BCUT2D eigenvalue weighted by atomic mass is 10.2. The van der Waals surface area contributed by atoms with Crippen LogP contribution in [-0.4, -0.2) is 24.0 Å².